The molecule has 25 heavy (non-hydrogen) atoms. The first-order valence-corrected chi connectivity index (χ1v) is 8.40. The third-order valence-electron chi connectivity index (χ3n) is 4.42. The number of anilines is 1. The number of aromatic nitrogens is 5. The highest BCUT2D eigenvalue weighted by Crippen LogP contribution is 2.21. The lowest BCUT2D eigenvalue weighted by atomic mass is 9.95. The smallest absolute Gasteiger partial charge is 0.319 e. The summed E-state index contributed by atoms with van der Waals surface area (Å²) in [5.74, 6) is 0.653. The molecule has 0 radical (unpaired) electrons. The van der Waals surface area contributed by atoms with Gasteiger partial charge in [0.25, 0.3) is 0 Å². The number of nitrogens with zero attached hydrogens (tertiary/aromatic N) is 4. The molecular formula is C17H19N7O. The third-order valence-corrected chi connectivity index (χ3v) is 4.42. The van der Waals surface area contributed by atoms with E-state index in [2.05, 4.69) is 36.0 Å². The van der Waals surface area contributed by atoms with Gasteiger partial charge < -0.3 is 10.6 Å². The molecule has 3 N–H and O–H groups in total. The van der Waals surface area contributed by atoms with Gasteiger partial charge in [-0.25, -0.2) is 14.8 Å². The molecule has 8 nitrogen and oxygen atoms in total. The summed E-state index contributed by atoms with van der Waals surface area (Å²) in [6.07, 6.45) is 4.42. The van der Waals surface area contributed by atoms with Crippen molar-refractivity contribution in [3.05, 3.63) is 41.0 Å². The molecule has 8 heteroatoms. The van der Waals surface area contributed by atoms with Crippen molar-refractivity contribution in [3.8, 4) is 0 Å². The molecule has 1 aromatic carbocycles. The number of carbonyl (C=O) groups excluding carboxylic acids is 1. The molecule has 1 aliphatic rings. The predicted molar refractivity (Wildman–Crippen MR) is 93.2 cm³/mol. The van der Waals surface area contributed by atoms with E-state index in [4.69, 9.17) is 0 Å². The zero-order valence-electron chi connectivity index (χ0n) is 14.0. The largest absolute Gasteiger partial charge is 0.331 e. The molecule has 1 aliphatic carbocycles. The maximum Gasteiger partial charge on any atom is 0.319 e. The van der Waals surface area contributed by atoms with Gasteiger partial charge in [-0.3, -0.25) is 0 Å². The van der Waals surface area contributed by atoms with E-state index in [0.29, 0.717) is 23.6 Å². The van der Waals surface area contributed by atoms with E-state index < -0.39 is 0 Å². The van der Waals surface area contributed by atoms with E-state index in [0.717, 1.165) is 29.7 Å². The molecule has 0 unspecified atom stereocenters. The van der Waals surface area contributed by atoms with Crippen molar-refractivity contribution in [2.45, 2.75) is 39.2 Å². The Labute approximate surface area is 144 Å². The minimum Gasteiger partial charge on any atom is -0.331 e. The van der Waals surface area contributed by atoms with E-state index >= 15 is 0 Å². The lowest BCUT2D eigenvalue weighted by Gasteiger charge is -2.17. The van der Waals surface area contributed by atoms with Crippen molar-refractivity contribution in [3.63, 3.8) is 0 Å². The summed E-state index contributed by atoms with van der Waals surface area (Å²) in [5, 5.41) is 16.1. The highest BCUT2D eigenvalue weighted by atomic mass is 16.2. The van der Waals surface area contributed by atoms with Gasteiger partial charge in [0, 0.05) is 17.1 Å². The van der Waals surface area contributed by atoms with Crippen LogP contribution in [0.5, 0.6) is 0 Å². The van der Waals surface area contributed by atoms with Crippen molar-refractivity contribution < 1.29 is 4.79 Å². The van der Waals surface area contributed by atoms with Crippen LogP contribution in [0.2, 0.25) is 0 Å². The van der Waals surface area contributed by atoms with Crippen LogP contribution in [-0.2, 0) is 19.4 Å². The second-order valence-electron chi connectivity index (χ2n) is 6.19. The summed E-state index contributed by atoms with van der Waals surface area (Å²) in [5.41, 5.74) is 5.54. The fourth-order valence-electron chi connectivity index (χ4n) is 3.18. The summed E-state index contributed by atoms with van der Waals surface area (Å²) in [7, 11) is 0. The molecule has 0 aliphatic heterocycles. The van der Waals surface area contributed by atoms with Gasteiger partial charge in [0.2, 0.25) is 0 Å². The first kappa shape index (κ1) is 15.5. The van der Waals surface area contributed by atoms with Gasteiger partial charge in [0.05, 0.1) is 6.54 Å². The fourth-order valence-corrected chi connectivity index (χ4v) is 3.18. The molecule has 0 saturated carbocycles. The number of nitrogens with one attached hydrogen (secondary N) is 3. The molecule has 0 fully saturated rings. The number of carbonyl (C=O) groups is 1. The highest BCUT2D eigenvalue weighted by molar-refractivity contribution is 5.91. The minimum absolute atomic E-state index is 0.298. The number of aryl methyl sites for hydroxylation is 2. The molecule has 128 valence electrons. The number of urea groups is 1. The first-order chi connectivity index (χ1) is 12.2. The number of fused-ring (bicyclic) bond motifs is 2. The second kappa shape index (κ2) is 6.46. The maximum absolute atomic E-state index is 12.1. The summed E-state index contributed by atoms with van der Waals surface area (Å²) in [6, 6.07) is 5.04. The van der Waals surface area contributed by atoms with Crippen LogP contribution in [0.1, 0.15) is 35.6 Å². The summed E-state index contributed by atoms with van der Waals surface area (Å²) in [4.78, 5) is 21.2. The van der Waals surface area contributed by atoms with Gasteiger partial charge >= 0.3 is 6.03 Å². The van der Waals surface area contributed by atoms with E-state index in [1.807, 2.05) is 6.92 Å². The van der Waals surface area contributed by atoms with Crippen LogP contribution >= 0.6 is 0 Å². The quantitative estimate of drug-likeness (QED) is 0.679. The van der Waals surface area contributed by atoms with Gasteiger partial charge in [-0.1, -0.05) is 0 Å². The first-order valence-electron chi connectivity index (χ1n) is 8.40. The minimum atomic E-state index is -0.304. The van der Waals surface area contributed by atoms with Crippen molar-refractivity contribution in [1.29, 1.82) is 0 Å². The van der Waals surface area contributed by atoms with Gasteiger partial charge in [-0.2, -0.15) is 15.4 Å². The Kier molecular flexibility index (Phi) is 4.01. The topological polar surface area (TPSA) is 108 Å². The zero-order valence-corrected chi connectivity index (χ0v) is 14.0. The van der Waals surface area contributed by atoms with Crippen molar-refractivity contribution in [2.75, 3.05) is 5.32 Å². The molecule has 0 atom stereocenters. The molecular weight excluding hydrogens is 318 g/mol. The fraction of sp³-hybridized carbons (Fsp3) is 0.353. The SMILES string of the molecule is Cc1nc(CNC(=O)Nc2ccc3n[nH]nc3c2)nc2c1CCCC2. The van der Waals surface area contributed by atoms with Gasteiger partial charge in [-0.05, 0) is 56.4 Å². The third kappa shape index (κ3) is 3.28. The number of H-pyrrole nitrogens is 1. The van der Waals surface area contributed by atoms with Crippen LogP contribution in [0.4, 0.5) is 10.5 Å². The average Bonchev–Trinajstić information content (AvgIpc) is 3.08. The molecule has 3 aromatic rings. The van der Waals surface area contributed by atoms with Crippen molar-refractivity contribution in [2.24, 2.45) is 0 Å². The Morgan fingerprint density at radius 2 is 2.00 bits per heavy atom. The molecule has 0 saturated heterocycles. The van der Waals surface area contributed by atoms with Crippen LogP contribution in [0, 0.1) is 6.92 Å². The maximum atomic E-state index is 12.1. The van der Waals surface area contributed by atoms with Gasteiger partial charge in [-0.15, -0.1) is 0 Å². The van der Waals surface area contributed by atoms with E-state index in [1.54, 1.807) is 18.2 Å². The Balaban J connectivity index is 1.40. The molecule has 2 aromatic heterocycles. The Bertz CT molecular complexity index is 934. The van der Waals surface area contributed by atoms with Crippen molar-refractivity contribution >= 4 is 22.8 Å². The lowest BCUT2D eigenvalue weighted by Crippen LogP contribution is -2.29. The standard InChI is InChI=1S/C17H19N7O/c1-10-12-4-2-3-5-13(12)21-16(19-10)9-18-17(25)20-11-6-7-14-15(8-11)23-24-22-14/h6-8H,2-5,9H2,1H3,(H2,18,20,25)(H,22,23,24). The molecule has 2 heterocycles. The highest BCUT2D eigenvalue weighted by Gasteiger charge is 2.15. The van der Waals surface area contributed by atoms with Crippen molar-refractivity contribution in [1.82, 2.24) is 30.7 Å². The Morgan fingerprint density at radius 3 is 2.92 bits per heavy atom. The van der Waals surface area contributed by atoms with Crippen LogP contribution in [0.15, 0.2) is 18.2 Å². The average molecular weight is 337 g/mol. The van der Waals surface area contributed by atoms with Crippen LogP contribution in [0.3, 0.4) is 0 Å². The lowest BCUT2D eigenvalue weighted by molar-refractivity contribution is 0.251. The van der Waals surface area contributed by atoms with Crippen LogP contribution in [-0.4, -0.2) is 31.4 Å². The van der Waals surface area contributed by atoms with Gasteiger partial charge in [0.15, 0.2) is 0 Å². The predicted octanol–water partition coefficient (Wildman–Crippen LogP) is 2.26. The zero-order chi connectivity index (χ0) is 17.2. The molecule has 0 spiro atoms. The molecule has 2 amide bonds. The summed E-state index contributed by atoms with van der Waals surface area (Å²) in [6.45, 7) is 2.31. The number of hydrogen-bond donors (Lipinski definition) is 3. The van der Waals surface area contributed by atoms with Crippen LogP contribution in [0.25, 0.3) is 11.0 Å². The summed E-state index contributed by atoms with van der Waals surface area (Å²) < 4.78 is 0. The van der Waals surface area contributed by atoms with E-state index in [-0.39, 0.29) is 6.03 Å². The molecule has 0 bridgehead atoms. The Hall–Kier alpha value is -3.03. The number of amides is 2. The molecule has 4 rings (SSSR count). The number of aromatic amines is 1. The number of benzene rings is 1. The normalized spacial score (nSPS) is 13.5. The Morgan fingerprint density at radius 1 is 1.16 bits per heavy atom. The second-order valence-corrected chi connectivity index (χ2v) is 6.19. The van der Waals surface area contributed by atoms with Crippen LogP contribution < -0.4 is 10.6 Å². The van der Waals surface area contributed by atoms with E-state index in [1.165, 1.54) is 18.4 Å². The van der Waals surface area contributed by atoms with E-state index in [9.17, 15) is 4.79 Å². The summed E-state index contributed by atoms with van der Waals surface area (Å²) >= 11 is 0. The van der Waals surface area contributed by atoms with Gasteiger partial charge in [0.1, 0.15) is 16.9 Å². The number of hydrogen-bond acceptors (Lipinski definition) is 5. The number of rotatable bonds is 3. The monoisotopic (exact) mass is 337 g/mol.